The Bertz CT molecular complexity index is 71.5. The van der Waals surface area contributed by atoms with Crippen LogP contribution >= 0.6 is 0 Å². The molecule has 0 aliphatic heterocycles. The van der Waals surface area contributed by atoms with Crippen LogP contribution in [-0.2, 0) is 9.53 Å². The summed E-state index contributed by atoms with van der Waals surface area (Å²) in [6.45, 7) is 6.78. The van der Waals surface area contributed by atoms with Crippen molar-refractivity contribution in [1.82, 2.24) is 4.90 Å². The van der Waals surface area contributed by atoms with Gasteiger partial charge in [0.1, 0.15) is 6.73 Å². The summed E-state index contributed by atoms with van der Waals surface area (Å²) in [4.78, 5) is 11.7. The van der Waals surface area contributed by atoms with Gasteiger partial charge in [-0.05, 0) is 13.1 Å². The van der Waals surface area contributed by atoms with E-state index in [2.05, 4.69) is 4.74 Å². The molecular formula is C6H13NO2. The average Bonchev–Trinajstić information content (AvgIpc) is 1.91. The molecule has 0 aromatic heterocycles. The van der Waals surface area contributed by atoms with E-state index < -0.39 is 0 Å². The molecule has 0 atom stereocenters. The molecule has 0 aromatic carbocycles. The van der Waals surface area contributed by atoms with Gasteiger partial charge in [0, 0.05) is 0 Å². The average molecular weight is 131 g/mol. The first-order chi connectivity index (χ1) is 4.35. The fourth-order valence-electron chi connectivity index (χ4n) is 0.542. The van der Waals surface area contributed by atoms with Gasteiger partial charge in [-0.3, -0.25) is 9.69 Å². The van der Waals surface area contributed by atoms with Crippen molar-refractivity contribution < 1.29 is 9.53 Å². The van der Waals surface area contributed by atoms with E-state index in [9.17, 15) is 4.79 Å². The molecule has 0 aliphatic carbocycles. The number of ether oxygens (including phenoxy) is 1. The zero-order valence-electron chi connectivity index (χ0n) is 5.96. The monoisotopic (exact) mass is 131 g/mol. The highest BCUT2D eigenvalue weighted by atomic mass is 16.5. The molecule has 54 valence electrons. The molecule has 0 spiro atoms. The van der Waals surface area contributed by atoms with Gasteiger partial charge in [-0.1, -0.05) is 13.8 Å². The van der Waals surface area contributed by atoms with Crippen molar-refractivity contribution in [3.8, 4) is 0 Å². The molecule has 0 radical (unpaired) electrons. The van der Waals surface area contributed by atoms with Crippen molar-refractivity contribution in [1.29, 1.82) is 0 Å². The van der Waals surface area contributed by atoms with E-state index in [1.807, 2.05) is 18.7 Å². The first kappa shape index (κ1) is 8.43. The van der Waals surface area contributed by atoms with Crippen molar-refractivity contribution >= 4 is 6.47 Å². The number of carbonyl (C=O) groups is 1. The van der Waals surface area contributed by atoms with Crippen LogP contribution in [0, 0.1) is 0 Å². The fourth-order valence-corrected chi connectivity index (χ4v) is 0.542. The van der Waals surface area contributed by atoms with Crippen LogP contribution in [0.1, 0.15) is 13.8 Å². The van der Waals surface area contributed by atoms with Crippen molar-refractivity contribution in [2.45, 2.75) is 13.8 Å². The minimum Gasteiger partial charge on any atom is -0.452 e. The highest BCUT2D eigenvalue weighted by Gasteiger charge is 1.95. The molecule has 0 unspecified atom stereocenters. The van der Waals surface area contributed by atoms with Gasteiger partial charge >= 0.3 is 0 Å². The molecule has 3 nitrogen and oxygen atoms in total. The van der Waals surface area contributed by atoms with Crippen molar-refractivity contribution in [2.24, 2.45) is 0 Å². The fraction of sp³-hybridized carbons (Fsp3) is 0.833. The van der Waals surface area contributed by atoms with E-state index in [-0.39, 0.29) is 0 Å². The highest BCUT2D eigenvalue weighted by Crippen LogP contribution is 1.84. The van der Waals surface area contributed by atoms with Crippen LogP contribution in [0.4, 0.5) is 0 Å². The molecule has 9 heavy (non-hydrogen) atoms. The van der Waals surface area contributed by atoms with E-state index in [4.69, 9.17) is 0 Å². The summed E-state index contributed by atoms with van der Waals surface area (Å²) in [6, 6.07) is 0. The van der Waals surface area contributed by atoms with E-state index in [1.54, 1.807) is 0 Å². The molecule has 0 saturated heterocycles. The van der Waals surface area contributed by atoms with Gasteiger partial charge in [0.25, 0.3) is 6.47 Å². The molecule has 0 heterocycles. The first-order valence-corrected chi connectivity index (χ1v) is 3.12. The van der Waals surface area contributed by atoms with Crippen molar-refractivity contribution in [3.05, 3.63) is 0 Å². The van der Waals surface area contributed by atoms with Gasteiger partial charge in [0.05, 0.1) is 0 Å². The third kappa shape index (κ3) is 3.97. The lowest BCUT2D eigenvalue weighted by Crippen LogP contribution is -2.25. The zero-order chi connectivity index (χ0) is 7.11. The summed E-state index contributed by atoms with van der Waals surface area (Å²) in [6.07, 6.45) is 0. The third-order valence-corrected chi connectivity index (χ3v) is 1.22. The van der Waals surface area contributed by atoms with Gasteiger partial charge in [-0.25, -0.2) is 0 Å². The second-order valence-electron chi connectivity index (χ2n) is 1.70. The Balaban J connectivity index is 3.19. The Morgan fingerprint density at radius 2 is 2.00 bits per heavy atom. The maximum absolute atomic E-state index is 9.69. The summed E-state index contributed by atoms with van der Waals surface area (Å²) >= 11 is 0. The molecule has 0 saturated carbocycles. The van der Waals surface area contributed by atoms with Crippen LogP contribution in [-0.4, -0.2) is 31.2 Å². The number of nitrogens with zero attached hydrogens (tertiary/aromatic N) is 1. The Kier molecular flexibility index (Phi) is 5.21. The van der Waals surface area contributed by atoms with Crippen LogP contribution in [0.5, 0.6) is 0 Å². The summed E-state index contributed by atoms with van der Waals surface area (Å²) in [7, 11) is 0. The predicted octanol–water partition coefficient (Wildman–Crippen LogP) is 0.459. The Morgan fingerprint density at radius 3 is 2.33 bits per heavy atom. The molecule has 0 N–H and O–H groups in total. The first-order valence-electron chi connectivity index (χ1n) is 3.12. The molecular weight excluding hydrogens is 118 g/mol. The topological polar surface area (TPSA) is 29.5 Å². The second-order valence-corrected chi connectivity index (χ2v) is 1.70. The minimum atomic E-state index is 0.413. The quantitative estimate of drug-likeness (QED) is 0.401. The number of rotatable bonds is 5. The minimum absolute atomic E-state index is 0.413. The maximum Gasteiger partial charge on any atom is 0.294 e. The summed E-state index contributed by atoms with van der Waals surface area (Å²) in [5, 5.41) is 0. The predicted molar refractivity (Wildman–Crippen MR) is 34.9 cm³/mol. The standard InChI is InChI=1S/C6H13NO2/c1-3-7(4-2)5-9-6-8/h6H,3-5H2,1-2H3. The van der Waals surface area contributed by atoms with Crippen molar-refractivity contribution in [2.75, 3.05) is 19.8 Å². The lowest BCUT2D eigenvalue weighted by molar-refractivity contribution is -0.132. The van der Waals surface area contributed by atoms with Crippen LogP contribution < -0.4 is 0 Å². The number of carbonyl (C=O) groups excluding carboxylic acids is 1. The molecule has 0 aromatic rings. The van der Waals surface area contributed by atoms with E-state index in [1.165, 1.54) is 0 Å². The Morgan fingerprint density at radius 1 is 1.44 bits per heavy atom. The molecule has 0 rings (SSSR count). The Labute approximate surface area is 55.6 Å². The highest BCUT2D eigenvalue weighted by molar-refractivity contribution is 5.36. The molecule has 0 bridgehead atoms. The van der Waals surface area contributed by atoms with Gasteiger partial charge in [-0.2, -0.15) is 0 Å². The normalized spacial score (nSPS) is 9.67. The van der Waals surface area contributed by atoms with Gasteiger partial charge in [0.15, 0.2) is 0 Å². The second kappa shape index (κ2) is 5.56. The lowest BCUT2D eigenvalue weighted by atomic mass is 10.6. The summed E-state index contributed by atoms with van der Waals surface area (Å²) in [5.41, 5.74) is 0. The summed E-state index contributed by atoms with van der Waals surface area (Å²) < 4.78 is 4.52. The van der Waals surface area contributed by atoms with E-state index in [0.717, 1.165) is 13.1 Å². The van der Waals surface area contributed by atoms with Gasteiger partial charge < -0.3 is 4.74 Å². The molecule has 0 fully saturated rings. The van der Waals surface area contributed by atoms with Crippen LogP contribution in [0.15, 0.2) is 0 Å². The van der Waals surface area contributed by atoms with Crippen molar-refractivity contribution in [3.63, 3.8) is 0 Å². The SMILES string of the molecule is CCN(CC)COC=O. The number of hydrogen-bond donors (Lipinski definition) is 0. The molecule has 0 aliphatic rings. The van der Waals surface area contributed by atoms with Gasteiger partial charge in [-0.15, -0.1) is 0 Å². The lowest BCUT2D eigenvalue weighted by Gasteiger charge is -2.15. The van der Waals surface area contributed by atoms with Crippen LogP contribution in [0.25, 0.3) is 0 Å². The van der Waals surface area contributed by atoms with Gasteiger partial charge in [0.2, 0.25) is 0 Å². The van der Waals surface area contributed by atoms with Crippen LogP contribution in [0.3, 0.4) is 0 Å². The smallest absolute Gasteiger partial charge is 0.294 e. The number of hydrogen-bond acceptors (Lipinski definition) is 3. The summed E-state index contributed by atoms with van der Waals surface area (Å²) in [5.74, 6) is 0. The third-order valence-electron chi connectivity index (χ3n) is 1.22. The van der Waals surface area contributed by atoms with E-state index in [0.29, 0.717) is 13.2 Å². The zero-order valence-corrected chi connectivity index (χ0v) is 5.96. The molecule has 0 amide bonds. The molecule has 3 heteroatoms. The Hall–Kier alpha value is -0.570. The van der Waals surface area contributed by atoms with E-state index >= 15 is 0 Å². The largest absolute Gasteiger partial charge is 0.452 e. The maximum atomic E-state index is 9.69. The van der Waals surface area contributed by atoms with Crippen LogP contribution in [0.2, 0.25) is 0 Å².